The molecule has 0 saturated heterocycles. The highest BCUT2D eigenvalue weighted by Gasteiger charge is 2.70. The number of benzene rings is 3. The van der Waals surface area contributed by atoms with Crippen LogP contribution in [0, 0.1) is 40.9 Å². The fourth-order valence-electron chi connectivity index (χ4n) is 14.7. The first-order valence-corrected chi connectivity index (χ1v) is 28.6. The highest BCUT2D eigenvalue weighted by molar-refractivity contribution is 5.98. The molecule has 1 spiro atoms. The topological polar surface area (TPSA) is 279 Å². The second-order valence-electron chi connectivity index (χ2n) is 23.5. The summed E-state index contributed by atoms with van der Waals surface area (Å²) in [6, 6.07) is 19.2. The Bertz CT molecular complexity index is 3000. The van der Waals surface area contributed by atoms with Gasteiger partial charge in [-0.25, -0.2) is 0 Å². The molecule has 3 aromatic rings. The predicted molar refractivity (Wildman–Crippen MR) is 309 cm³/mol. The first-order valence-electron chi connectivity index (χ1n) is 28.6. The SMILES string of the molecule is C=C1/C=C/C=C(\[C@H]2C[C@@H]3CCC[C@@]4(O)CC/C5=C(/C)C(=O)Cc6cccc7c6[C@@H](NC[C@@H](O)[C@@H]([C@H](CN=C(N)N)c6ccc(O)cc6)Cc6cccc(c6)C[C@H](O)CC[C@H]5[C@@]34[C@@H]2O)C(=O)N[C@H]7N)COCC#CC/C(C)=C/C[C@@H]1O. The number of guanidine groups is 1. The lowest BCUT2D eigenvalue weighted by atomic mass is 9.45. The lowest BCUT2D eigenvalue weighted by Gasteiger charge is -2.61. The minimum atomic E-state index is -1.29. The number of Topliss-reactive ketones (excluding diaryl/α,β-unsaturated/α-hetero) is 1. The number of hydrogen-bond donors (Lipinski definition) is 11. The van der Waals surface area contributed by atoms with E-state index in [-0.39, 0.29) is 56.1 Å². The van der Waals surface area contributed by atoms with Crippen LogP contribution in [-0.4, -0.2) is 105 Å². The van der Waals surface area contributed by atoms with Crippen molar-refractivity contribution in [3.05, 3.63) is 159 Å². The van der Waals surface area contributed by atoms with E-state index in [2.05, 4.69) is 34.0 Å². The Hall–Kier alpha value is -6.19. The molecular weight excluding hydrogens is 1010 g/mol. The lowest BCUT2D eigenvalue weighted by molar-refractivity contribution is -0.216. The van der Waals surface area contributed by atoms with Gasteiger partial charge in [0, 0.05) is 43.2 Å². The molecule has 2 bridgehead atoms. The van der Waals surface area contributed by atoms with Crippen LogP contribution in [-0.2, 0) is 33.6 Å². The lowest BCUT2D eigenvalue weighted by Crippen LogP contribution is -2.65. The number of ether oxygens (including phenoxy) is 1. The zero-order valence-electron chi connectivity index (χ0n) is 46.3. The number of ketones is 1. The van der Waals surface area contributed by atoms with Gasteiger partial charge in [-0.2, -0.15) is 0 Å². The molecule has 0 aromatic heterocycles. The first-order chi connectivity index (χ1) is 38.4. The molecule has 15 nitrogen and oxygen atoms in total. The summed E-state index contributed by atoms with van der Waals surface area (Å²) >= 11 is 0. The van der Waals surface area contributed by atoms with E-state index in [1.165, 1.54) is 0 Å². The van der Waals surface area contributed by atoms with Crippen LogP contribution in [0.4, 0.5) is 0 Å². The summed E-state index contributed by atoms with van der Waals surface area (Å²) in [5.74, 6) is 3.56. The number of phenols is 1. The van der Waals surface area contributed by atoms with Gasteiger partial charge < -0.3 is 57.9 Å². The van der Waals surface area contributed by atoms with E-state index < -0.39 is 77.2 Å². The number of aliphatic hydroxyl groups excluding tert-OH is 4. The van der Waals surface area contributed by atoms with Crippen LogP contribution in [0.25, 0.3) is 0 Å². The Kier molecular flexibility index (Phi) is 18.5. The van der Waals surface area contributed by atoms with Gasteiger partial charge in [-0.05, 0) is 158 Å². The average molecular weight is 1090 g/mol. The van der Waals surface area contributed by atoms with Gasteiger partial charge >= 0.3 is 0 Å². The van der Waals surface area contributed by atoms with Gasteiger partial charge in [-0.15, -0.1) is 0 Å². The maximum Gasteiger partial charge on any atom is 0.243 e. The van der Waals surface area contributed by atoms with Crippen LogP contribution in [0.5, 0.6) is 5.75 Å². The Balaban J connectivity index is 1.14. The fraction of sp³-hybridized carbons (Fsp3) is 0.492. The molecule has 0 radical (unpaired) electrons. The number of aromatic hydroxyl groups is 1. The number of carbonyl (C=O) groups excluding carboxylic acids is 2. The van der Waals surface area contributed by atoms with Gasteiger partial charge in [0.2, 0.25) is 5.91 Å². The minimum Gasteiger partial charge on any atom is -0.508 e. The minimum absolute atomic E-state index is 0.0575. The summed E-state index contributed by atoms with van der Waals surface area (Å²) in [7, 11) is 0. The molecule has 3 heterocycles. The number of nitrogens with two attached hydrogens (primary N) is 3. The molecule has 13 atom stereocenters. The maximum atomic E-state index is 15.3. The summed E-state index contributed by atoms with van der Waals surface area (Å²) in [6.45, 7) is 8.40. The van der Waals surface area contributed by atoms with Crippen LogP contribution >= 0.6 is 0 Å². The van der Waals surface area contributed by atoms with Crippen molar-refractivity contribution >= 4 is 17.6 Å². The largest absolute Gasteiger partial charge is 0.508 e. The standard InChI is InChI=1S/C65H82N6O9/c1-38-10-4-5-29-80-37-45(15-6-11-39(2)55(74)25-18-38)51-34-46-16-9-27-64(79)28-26-49-40(3)56(75)33-44-14-8-17-50-58(44)59(62(78)71-61(50)66)69-36-57(76)52(53(35-70-63(67)68)43-19-21-47(72)22-20-43)32-42-13-7-12-41(30-42)31-48(73)23-24-54(49)65(46,64)60(51)77/h6-8,11-15,17-22,30,46,48,51-55,57,59-61,69,72-74,76-77,79H,2,9-10,16,23-29,31-37,66H2,1,3H3,(H,71,78)(H4,67,68,70)/b11-6+,38-18+,45-15-,49-40+/t46-,48+,51+,52+,53+,54+,55-,57+,59+,60+,61+,64+,65+/m0/s1. The molecular formula is C65H82N6O9. The summed E-state index contributed by atoms with van der Waals surface area (Å²) in [5, 5.41) is 79.1. The summed E-state index contributed by atoms with van der Waals surface area (Å²) < 4.78 is 6.25. The van der Waals surface area contributed by atoms with Crippen molar-refractivity contribution in [2.45, 2.75) is 145 Å². The summed E-state index contributed by atoms with van der Waals surface area (Å²) in [6.07, 6.45) is 8.47. The number of β-amino-alcohol motifs (C(OH)–C–C–N with tert-alkyl or cyclic N) is 1. The molecule has 1 amide bonds. The van der Waals surface area contributed by atoms with Crippen molar-refractivity contribution in [1.82, 2.24) is 10.6 Å². The quantitative estimate of drug-likeness (QED) is 0.0608. The third kappa shape index (κ3) is 12.3. The normalized spacial score (nSPS) is 34.9. The summed E-state index contributed by atoms with van der Waals surface area (Å²) in [4.78, 5) is 33.9. The molecule has 6 aliphatic rings. The molecule has 15 heteroatoms. The van der Waals surface area contributed by atoms with E-state index in [1.54, 1.807) is 30.3 Å². The van der Waals surface area contributed by atoms with Crippen LogP contribution in [0.15, 0.2) is 130 Å². The molecule has 0 unspecified atom stereocenters. The Morgan fingerprint density at radius 1 is 0.963 bits per heavy atom. The van der Waals surface area contributed by atoms with Crippen molar-refractivity contribution in [3.63, 3.8) is 0 Å². The number of hydrogen-bond acceptors (Lipinski definition) is 12. The Morgan fingerprint density at radius 2 is 1.73 bits per heavy atom. The molecule has 80 heavy (non-hydrogen) atoms. The van der Waals surface area contributed by atoms with Crippen molar-refractivity contribution in [3.8, 4) is 17.6 Å². The monoisotopic (exact) mass is 1090 g/mol. The van der Waals surface area contributed by atoms with Crippen molar-refractivity contribution in [2.24, 2.45) is 51.3 Å². The zero-order chi connectivity index (χ0) is 56.9. The molecule has 3 aliphatic heterocycles. The van der Waals surface area contributed by atoms with E-state index in [0.29, 0.717) is 92.0 Å². The van der Waals surface area contributed by atoms with Gasteiger partial charge in [-0.3, -0.25) is 19.9 Å². The van der Waals surface area contributed by atoms with Gasteiger partial charge in [-0.1, -0.05) is 115 Å². The molecule has 9 rings (SSSR count). The number of fused-ring (bicyclic) bond motifs is 3. The number of aliphatic imine (C=N–C) groups is 1. The molecule has 3 saturated carbocycles. The smallest absolute Gasteiger partial charge is 0.243 e. The Labute approximate surface area is 470 Å². The number of rotatable bonds is 5. The predicted octanol–water partition coefficient (Wildman–Crippen LogP) is 5.98. The molecule has 3 fully saturated rings. The van der Waals surface area contributed by atoms with Crippen molar-refractivity contribution in [1.29, 1.82) is 0 Å². The van der Waals surface area contributed by atoms with E-state index in [0.717, 1.165) is 46.3 Å². The molecule has 426 valence electrons. The number of allylic oxidation sites excluding steroid dienone is 5. The third-order valence-corrected chi connectivity index (χ3v) is 18.7. The fourth-order valence-corrected chi connectivity index (χ4v) is 14.7. The van der Waals surface area contributed by atoms with Gasteiger partial charge in [0.05, 0.1) is 36.6 Å². The number of carbonyl (C=O) groups is 2. The second kappa shape index (κ2) is 25.3. The molecule has 3 aromatic carbocycles. The number of nitrogens with zero attached hydrogens (tertiary/aromatic N) is 1. The number of aliphatic hydroxyl groups is 5. The average Bonchev–Trinajstić information content (AvgIpc) is 3.98. The van der Waals surface area contributed by atoms with Crippen LogP contribution in [0.3, 0.4) is 0 Å². The number of amides is 1. The second-order valence-corrected chi connectivity index (χ2v) is 23.5. The van der Waals surface area contributed by atoms with Gasteiger partial charge in [0.15, 0.2) is 11.7 Å². The molecule has 3 aliphatic carbocycles. The van der Waals surface area contributed by atoms with Crippen LogP contribution < -0.4 is 27.8 Å². The molecule has 14 N–H and O–H groups in total. The zero-order valence-corrected chi connectivity index (χ0v) is 46.3. The summed E-state index contributed by atoms with van der Waals surface area (Å²) in [5.41, 5.74) is 24.3. The van der Waals surface area contributed by atoms with Crippen molar-refractivity contribution < 1.29 is 45.0 Å². The Morgan fingerprint density at radius 3 is 2.50 bits per heavy atom. The number of nitrogens with one attached hydrogen (secondary N) is 2. The van der Waals surface area contributed by atoms with E-state index in [9.17, 15) is 35.4 Å². The van der Waals surface area contributed by atoms with Crippen LogP contribution in [0.1, 0.15) is 130 Å². The maximum absolute atomic E-state index is 15.3. The first kappa shape index (κ1) is 58.5. The van der Waals surface area contributed by atoms with Gasteiger partial charge in [0.1, 0.15) is 24.6 Å². The number of phenolic OH excluding ortho intramolecular Hbond substituents is 1. The van der Waals surface area contributed by atoms with E-state index in [1.807, 2.05) is 74.5 Å². The van der Waals surface area contributed by atoms with Gasteiger partial charge in [0.25, 0.3) is 0 Å². The highest BCUT2D eigenvalue weighted by Crippen LogP contribution is 2.69. The highest BCUT2D eigenvalue weighted by atomic mass is 16.5. The third-order valence-electron chi connectivity index (χ3n) is 18.7. The van der Waals surface area contributed by atoms with Crippen molar-refractivity contribution in [2.75, 3.05) is 26.3 Å². The van der Waals surface area contributed by atoms with Crippen LogP contribution in [0.2, 0.25) is 0 Å². The van der Waals surface area contributed by atoms with E-state index in [4.69, 9.17) is 21.9 Å². The van der Waals surface area contributed by atoms with E-state index >= 15 is 4.79 Å².